The molecular weight excluding hydrogens is 432 g/mol. The van der Waals surface area contributed by atoms with Crippen molar-refractivity contribution >= 4 is 34.9 Å². The van der Waals surface area contributed by atoms with Gasteiger partial charge >= 0.3 is 5.97 Å². The van der Waals surface area contributed by atoms with E-state index in [2.05, 4.69) is 5.32 Å². The van der Waals surface area contributed by atoms with Crippen molar-refractivity contribution in [3.8, 4) is 11.5 Å². The number of carboxylic acid groups (broad SMARTS) is 1. The lowest BCUT2D eigenvalue weighted by atomic mass is 10.1. The van der Waals surface area contributed by atoms with Crippen molar-refractivity contribution in [3.63, 3.8) is 0 Å². The van der Waals surface area contributed by atoms with Gasteiger partial charge in [-0.2, -0.15) is 0 Å². The molecule has 0 aliphatic heterocycles. The largest absolute Gasteiger partial charge is 0.493 e. The fraction of sp³-hybridized carbons (Fsp3) is 0.136. The summed E-state index contributed by atoms with van der Waals surface area (Å²) in [4.78, 5) is 11.2. The summed E-state index contributed by atoms with van der Waals surface area (Å²) in [7, 11) is 1.51. The maximum atomic E-state index is 13.0. The van der Waals surface area contributed by atoms with E-state index in [4.69, 9.17) is 32.7 Å². The number of methoxy groups -OCH3 is 1. The number of carbonyl (C=O) groups is 1. The Morgan fingerprint density at radius 3 is 2.43 bits per heavy atom. The number of anilines is 1. The van der Waals surface area contributed by atoms with E-state index < -0.39 is 5.97 Å². The quantitative estimate of drug-likeness (QED) is 0.439. The number of hydrogen-bond acceptors (Lipinski definition) is 4. The molecule has 0 spiro atoms. The number of rotatable bonds is 8. The number of benzene rings is 3. The third-order valence-corrected chi connectivity index (χ3v) is 4.89. The van der Waals surface area contributed by atoms with E-state index in [1.807, 2.05) is 0 Å². The molecular formula is C22H18Cl2FNO4. The number of carboxylic acids is 1. The lowest BCUT2D eigenvalue weighted by Crippen LogP contribution is -2.04. The van der Waals surface area contributed by atoms with Crippen LogP contribution in [0.25, 0.3) is 0 Å². The topological polar surface area (TPSA) is 67.8 Å². The molecule has 0 unspecified atom stereocenters. The van der Waals surface area contributed by atoms with Gasteiger partial charge in [-0.15, -0.1) is 0 Å². The van der Waals surface area contributed by atoms with E-state index in [0.29, 0.717) is 28.8 Å². The number of nitrogens with one attached hydrogen (secondary N) is 1. The Bertz CT molecular complexity index is 1060. The average Bonchev–Trinajstić information content (AvgIpc) is 2.73. The summed E-state index contributed by atoms with van der Waals surface area (Å²) in [5, 5.41) is 12.8. The van der Waals surface area contributed by atoms with Crippen LogP contribution in [0.5, 0.6) is 11.5 Å². The van der Waals surface area contributed by atoms with Crippen molar-refractivity contribution in [1.29, 1.82) is 0 Å². The number of halogens is 3. The molecule has 0 amide bonds. The van der Waals surface area contributed by atoms with Crippen LogP contribution in [-0.4, -0.2) is 18.2 Å². The van der Waals surface area contributed by atoms with Gasteiger partial charge in [0.1, 0.15) is 12.4 Å². The Labute approximate surface area is 183 Å². The van der Waals surface area contributed by atoms with Gasteiger partial charge in [-0.05, 0) is 53.6 Å². The predicted molar refractivity (Wildman–Crippen MR) is 114 cm³/mol. The van der Waals surface area contributed by atoms with Crippen LogP contribution in [0.4, 0.5) is 10.1 Å². The van der Waals surface area contributed by atoms with Crippen molar-refractivity contribution in [1.82, 2.24) is 0 Å². The zero-order chi connectivity index (χ0) is 21.7. The number of hydrogen-bond donors (Lipinski definition) is 2. The highest BCUT2D eigenvalue weighted by Gasteiger charge is 2.13. The number of ether oxygens (including phenoxy) is 2. The van der Waals surface area contributed by atoms with Crippen molar-refractivity contribution in [2.45, 2.75) is 13.2 Å². The van der Waals surface area contributed by atoms with Gasteiger partial charge in [0.2, 0.25) is 0 Å². The van der Waals surface area contributed by atoms with Crippen LogP contribution in [0.2, 0.25) is 10.0 Å². The smallest absolute Gasteiger partial charge is 0.337 e. The fourth-order valence-corrected chi connectivity index (χ4v) is 3.24. The molecule has 5 nitrogen and oxygen atoms in total. The highest BCUT2D eigenvalue weighted by molar-refractivity contribution is 6.33. The highest BCUT2D eigenvalue weighted by Crippen LogP contribution is 2.37. The van der Waals surface area contributed by atoms with Crippen LogP contribution in [0.3, 0.4) is 0 Å². The molecule has 0 bridgehead atoms. The van der Waals surface area contributed by atoms with Gasteiger partial charge in [0, 0.05) is 12.2 Å². The van der Waals surface area contributed by atoms with Gasteiger partial charge in [0.15, 0.2) is 11.5 Å². The van der Waals surface area contributed by atoms with Crippen LogP contribution in [0.15, 0.2) is 54.6 Å². The summed E-state index contributed by atoms with van der Waals surface area (Å²) in [6.07, 6.45) is 0. The molecule has 0 radical (unpaired) electrons. The molecule has 0 saturated carbocycles. The molecule has 0 aliphatic carbocycles. The minimum absolute atomic E-state index is 0.0156. The van der Waals surface area contributed by atoms with Crippen LogP contribution >= 0.6 is 23.2 Å². The Balaban J connectivity index is 1.72. The van der Waals surface area contributed by atoms with Crippen molar-refractivity contribution in [3.05, 3.63) is 87.2 Å². The molecule has 0 atom stereocenters. The second-order valence-corrected chi connectivity index (χ2v) is 7.19. The Morgan fingerprint density at radius 2 is 1.77 bits per heavy atom. The van der Waals surface area contributed by atoms with Crippen molar-refractivity contribution < 1.29 is 23.8 Å². The van der Waals surface area contributed by atoms with Gasteiger partial charge in [-0.25, -0.2) is 9.18 Å². The van der Waals surface area contributed by atoms with Crippen LogP contribution in [0, 0.1) is 5.82 Å². The molecule has 3 aromatic rings. The molecule has 0 saturated heterocycles. The first kappa shape index (κ1) is 21.7. The molecule has 2 N–H and O–H groups in total. The van der Waals surface area contributed by atoms with E-state index in [1.54, 1.807) is 30.3 Å². The van der Waals surface area contributed by atoms with Crippen LogP contribution < -0.4 is 14.8 Å². The number of aromatic carboxylic acids is 1. The van der Waals surface area contributed by atoms with E-state index in [0.717, 1.165) is 11.1 Å². The van der Waals surface area contributed by atoms with Gasteiger partial charge in [-0.1, -0.05) is 35.3 Å². The second-order valence-electron chi connectivity index (χ2n) is 6.38. The van der Waals surface area contributed by atoms with Gasteiger partial charge < -0.3 is 19.9 Å². The zero-order valence-corrected chi connectivity index (χ0v) is 17.4. The summed E-state index contributed by atoms with van der Waals surface area (Å²) in [6, 6.07) is 14.2. The van der Waals surface area contributed by atoms with Crippen molar-refractivity contribution in [2.24, 2.45) is 0 Å². The highest BCUT2D eigenvalue weighted by atomic mass is 35.5. The average molecular weight is 450 g/mol. The molecule has 8 heteroatoms. The maximum Gasteiger partial charge on any atom is 0.337 e. The molecule has 0 aliphatic rings. The molecule has 3 aromatic carbocycles. The monoisotopic (exact) mass is 449 g/mol. The fourth-order valence-electron chi connectivity index (χ4n) is 2.75. The summed E-state index contributed by atoms with van der Waals surface area (Å²) in [5.74, 6) is -0.589. The van der Waals surface area contributed by atoms with Crippen LogP contribution in [-0.2, 0) is 13.2 Å². The van der Waals surface area contributed by atoms with E-state index in [-0.39, 0.29) is 23.0 Å². The third kappa shape index (κ3) is 5.34. The molecule has 0 fully saturated rings. The SMILES string of the molecule is COc1cc(CNc2ccc(Cl)c(C(=O)O)c2)cc(Cl)c1OCc1ccc(F)cc1. The standard InChI is InChI=1S/C22H18Cl2FNO4/c1-29-20-9-14(11-26-16-6-7-18(23)17(10-16)22(27)28)8-19(24)21(20)30-12-13-2-4-15(25)5-3-13/h2-10,26H,11-12H2,1H3,(H,27,28). The lowest BCUT2D eigenvalue weighted by molar-refractivity contribution is 0.0697. The summed E-state index contributed by atoms with van der Waals surface area (Å²) >= 11 is 12.3. The van der Waals surface area contributed by atoms with Gasteiger partial charge in [0.05, 0.1) is 22.7 Å². The summed E-state index contributed by atoms with van der Waals surface area (Å²) in [5.41, 5.74) is 2.21. The van der Waals surface area contributed by atoms with Gasteiger partial charge in [0.25, 0.3) is 0 Å². The van der Waals surface area contributed by atoms with E-state index >= 15 is 0 Å². The van der Waals surface area contributed by atoms with E-state index in [9.17, 15) is 14.3 Å². The maximum absolute atomic E-state index is 13.0. The lowest BCUT2D eigenvalue weighted by Gasteiger charge is -2.15. The predicted octanol–water partition coefficient (Wildman–Crippen LogP) is 6.03. The molecule has 30 heavy (non-hydrogen) atoms. The summed E-state index contributed by atoms with van der Waals surface area (Å²) < 4.78 is 24.2. The normalized spacial score (nSPS) is 10.5. The molecule has 3 rings (SSSR count). The molecule has 156 valence electrons. The van der Waals surface area contributed by atoms with Gasteiger partial charge in [-0.3, -0.25) is 0 Å². The first-order valence-corrected chi connectivity index (χ1v) is 9.63. The molecule has 0 aromatic heterocycles. The van der Waals surface area contributed by atoms with Crippen LogP contribution in [0.1, 0.15) is 21.5 Å². The van der Waals surface area contributed by atoms with Crippen molar-refractivity contribution in [2.75, 3.05) is 12.4 Å². The molecule has 0 heterocycles. The minimum atomic E-state index is -1.10. The Hall–Kier alpha value is -2.96. The van der Waals surface area contributed by atoms with E-state index in [1.165, 1.54) is 31.4 Å². The zero-order valence-electron chi connectivity index (χ0n) is 15.9. The first-order valence-electron chi connectivity index (χ1n) is 8.87. The third-order valence-electron chi connectivity index (χ3n) is 4.28. The minimum Gasteiger partial charge on any atom is -0.493 e. The first-order chi connectivity index (χ1) is 14.4. The Morgan fingerprint density at radius 1 is 1.03 bits per heavy atom. The Kier molecular flexibility index (Phi) is 7.03. The second kappa shape index (κ2) is 9.69. The summed E-state index contributed by atoms with van der Waals surface area (Å²) in [6.45, 7) is 0.575.